The lowest BCUT2D eigenvalue weighted by molar-refractivity contribution is 0.0685. The first-order valence-corrected chi connectivity index (χ1v) is 8.31. The lowest BCUT2D eigenvalue weighted by Crippen LogP contribution is -2.25. The second-order valence-corrected chi connectivity index (χ2v) is 7.60. The summed E-state index contributed by atoms with van der Waals surface area (Å²) in [5.41, 5.74) is 0.0488. The Hall–Kier alpha value is -1.34. The minimum absolute atomic E-state index is 0.0488. The van der Waals surface area contributed by atoms with Crippen molar-refractivity contribution in [3.8, 4) is 0 Å². The van der Waals surface area contributed by atoms with Crippen LogP contribution in [0.5, 0.6) is 0 Å². The highest BCUT2D eigenvalue weighted by Crippen LogP contribution is 2.38. The van der Waals surface area contributed by atoms with E-state index in [2.05, 4.69) is 11.6 Å². The summed E-state index contributed by atoms with van der Waals surface area (Å²) in [7, 11) is -3.61. The first-order chi connectivity index (χ1) is 9.38. The minimum atomic E-state index is -3.61. The fourth-order valence-electron chi connectivity index (χ4n) is 2.41. The molecule has 2 fully saturated rings. The largest absolute Gasteiger partial charge is 0.477 e. The fourth-order valence-corrected chi connectivity index (χ4v) is 3.53. The number of aromatic nitrogens is 1. The molecule has 0 bridgehead atoms. The highest BCUT2D eigenvalue weighted by Gasteiger charge is 2.34. The summed E-state index contributed by atoms with van der Waals surface area (Å²) < 4.78 is 28.5. The molecule has 1 aromatic rings. The van der Waals surface area contributed by atoms with E-state index < -0.39 is 16.0 Å². The van der Waals surface area contributed by atoms with Crippen molar-refractivity contribution in [2.24, 2.45) is 11.8 Å². The third-order valence-corrected chi connectivity index (χ3v) is 5.50. The highest BCUT2D eigenvalue weighted by atomic mass is 32.2. The number of nitrogens with one attached hydrogen (secondary N) is 1. The van der Waals surface area contributed by atoms with Gasteiger partial charge in [-0.2, -0.15) is 0 Å². The van der Waals surface area contributed by atoms with Gasteiger partial charge in [-0.1, -0.05) is 6.92 Å². The molecular weight excluding hydrogens is 280 g/mol. The Morgan fingerprint density at radius 2 is 2.15 bits per heavy atom. The summed E-state index contributed by atoms with van der Waals surface area (Å²) in [5.74, 6) is -0.105. The molecule has 1 heterocycles. The van der Waals surface area contributed by atoms with Crippen LogP contribution in [-0.4, -0.2) is 30.6 Å². The first-order valence-electron chi connectivity index (χ1n) is 6.83. The Morgan fingerprint density at radius 1 is 1.50 bits per heavy atom. The second kappa shape index (κ2) is 4.60. The molecule has 0 amide bonds. The van der Waals surface area contributed by atoms with E-state index >= 15 is 0 Å². The van der Waals surface area contributed by atoms with Crippen LogP contribution < -0.4 is 4.72 Å². The van der Waals surface area contributed by atoms with Crippen molar-refractivity contribution in [3.63, 3.8) is 0 Å². The summed E-state index contributed by atoms with van der Waals surface area (Å²) >= 11 is 0. The average Bonchev–Trinajstić information content (AvgIpc) is 3.28. The zero-order chi connectivity index (χ0) is 14.5. The molecule has 110 valence electrons. The fraction of sp³-hybridized carbons (Fsp3) is 0.615. The number of nitrogens with zero attached hydrogens (tertiary/aromatic N) is 1. The predicted molar refractivity (Wildman–Crippen MR) is 72.1 cm³/mol. The Kier molecular flexibility index (Phi) is 3.13. The summed E-state index contributed by atoms with van der Waals surface area (Å²) in [4.78, 5) is 11.2. The van der Waals surface area contributed by atoms with Gasteiger partial charge in [0.2, 0.25) is 10.0 Å². The smallest absolute Gasteiger partial charge is 0.352 e. The van der Waals surface area contributed by atoms with Crippen LogP contribution in [0.3, 0.4) is 0 Å². The Balaban J connectivity index is 1.81. The third kappa shape index (κ3) is 2.60. The van der Waals surface area contributed by atoms with Gasteiger partial charge < -0.3 is 9.67 Å². The molecule has 0 radical (unpaired) electrons. The number of hydrogen-bond donors (Lipinski definition) is 2. The van der Waals surface area contributed by atoms with Gasteiger partial charge in [0.15, 0.2) is 0 Å². The molecule has 2 aliphatic rings. The molecule has 0 spiro atoms. The molecule has 2 aliphatic carbocycles. The molecule has 7 heteroatoms. The summed E-state index contributed by atoms with van der Waals surface area (Å²) in [6, 6.07) is 1.38. The molecular formula is C13H18N2O4S. The number of carbonyl (C=O) groups is 1. The number of aromatic carboxylic acids is 1. The Bertz CT molecular complexity index is 645. The van der Waals surface area contributed by atoms with Gasteiger partial charge >= 0.3 is 5.97 Å². The quantitative estimate of drug-likeness (QED) is 0.832. The third-order valence-electron chi connectivity index (χ3n) is 4.10. The highest BCUT2D eigenvalue weighted by molar-refractivity contribution is 7.89. The van der Waals surface area contributed by atoms with E-state index in [1.807, 2.05) is 0 Å². The molecule has 2 atom stereocenters. The first kappa shape index (κ1) is 13.6. The van der Waals surface area contributed by atoms with Crippen LogP contribution in [0, 0.1) is 11.8 Å². The molecule has 3 rings (SSSR count). The average molecular weight is 298 g/mol. The van der Waals surface area contributed by atoms with Gasteiger partial charge in [0.25, 0.3) is 0 Å². The van der Waals surface area contributed by atoms with Crippen LogP contribution in [0.4, 0.5) is 0 Å². The molecule has 2 unspecified atom stereocenters. The van der Waals surface area contributed by atoms with Gasteiger partial charge in [-0.05, 0) is 37.2 Å². The van der Waals surface area contributed by atoms with Crippen LogP contribution in [0.2, 0.25) is 0 Å². The second-order valence-electron chi connectivity index (χ2n) is 5.83. The Morgan fingerprint density at radius 3 is 2.65 bits per heavy atom. The van der Waals surface area contributed by atoms with E-state index in [1.54, 1.807) is 4.57 Å². The van der Waals surface area contributed by atoms with E-state index in [0.717, 1.165) is 19.3 Å². The summed E-state index contributed by atoms with van der Waals surface area (Å²) in [6.07, 6.45) is 4.30. The van der Waals surface area contributed by atoms with Crippen molar-refractivity contribution >= 4 is 16.0 Å². The van der Waals surface area contributed by atoms with Gasteiger partial charge in [0, 0.05) is 18.8 Å². The van der Waals surface area contributed by atoms with Gasteiger partial charge in [-0.3, -0.25) is 0 Å². The molecule has 2 N–H and O–H groups in total. The SMILES string of the molecule is CC1CC1CNS(=O)(=O)c1cc(C(=O)O)n(C2CC2)c1. The van der Waals surface area contributed by atoms with Crippen LogP contribution in [-0.2, 0) is 10.0 Å². The zero-order valence-electron chi connectivity index (χ0n) is 11.2. The zero-order valence-corrected chi connectivity index (χ0v) is 12.1. The van der Waals surface area contributed by atoms with Crippen molar-refractivity contribution in [1.82, 2.24) is 9.29 Å². The molecule has 0 aliphatic heterocycles. The lowest BCUT2D eigenvalue weighted by Gasteiger charge is -2.04. The van der Waals surface area contributed by atoms with E-state index in [4.69, 9.17) is 5.11 Å². The molecule has 6 nitrogen and oxygen atoms in total. The van der Waals surface area contributed by atoms with Crippen molar-refractivity contribution in [2.75, 3.05) is 6.54 Å². The molecule has 20 heavy (non-hydrogen) atoms. The number of hydrogen-bond acceptors (Lipinski definition) is 3. The Labute approximate surface area is 117 Å². The lowest BCUT2D eigenvalue weighted by atomic mass is 10.3. The van der Waals surface area contributed by atoms with E-state index in [0.29, 0.717) is 18.4 Å². The van der Waals surface area contributed by atoms with Gasteiger partial charge in [0.05, 0.1) is 0 Å². The maximum absolute atomic E-state index is 12.2. The van der Waals surface area contributed by atoms with Crippen molar-refractivity contribution in [1.29, 1.82) is 0 Å². The maximum atomic E-state index is 12.2. The number of carboxylic acid groups (broad SMARTS) is 1. The molecule has 2 saturated carbocycles. The molecule has 1 aromatic heterocycles. The maximum Gasteiger partial charge on any atom is 0.352 e. The predicted octanol–water partition coefficient (Wildman–Crippen LogP) is 1.46. The van der Waals surface area contributed by atoms with Crippen LogP contribution >= 0.6 is 0 Å². The van der Waals surface area contributed by atoms with Crippen LogP contribution in [0.1, 0.15) is 42.7 Å². The standard InChI is InChI=1S/C13H18N2O4S/c1-8-4-9(8)6-14-20(18,19)11-5-12(13(16)17)15(7-11)10-2-3-10/h5,7-10,14H,2-4,6H2,1H3,(H,16,17). The van der Waals surface area contributed by atoms with Gasteiger partial charge in [-0.15, -0.1) is 0 Å². The van der Waals surface area contributed by atoms with E-state index in [-0.39, 0.29) is 16.6 Å². The minimum Gasteiger partial charge on any atom is -0.477 e. The van der Waals surface area contributed by atoms with Crippen LogP contribution in [0.25, 0.3) is 0 Å². The number of sulfonamides is 1. The van der Waals surface area contributed by atoms with Crippen LogP contribution in [0.15, 0.2) is 17.2 Å². The number of carboxylic acids is 1. The monoisotopic (exact) mass is 298 g/mol. The number of rotatable bonds is 6. The van der Waals surface area contributed by atoms with Crippen molar-refractivity contribution < 1.29 is 18.3 Å². The summed E-state index contributed by atoms with van der Waals surface area (Å²) in [6.45, 7) is 2.52. The van der Waals surface area contributed by atoms with Crippen molar-refractivity contribution in [3.05, 3.63) is 18.0 Å². The van der Waals surface area contributed by atoms with Crippen molar-refractivity contribution in [2.45, 2.75) is 37.1 Å². The normalized spacial score (nSPS) is 25.6. The van der Waals surface area contributed by atoms with E-state index in [1.165, 1.54) is 12.3 Å². The van der Waals surface area contributed by atoms with E-state index in [9.17, 15) is 13.2 Å². The topological polar surface area (TPSA) is 88.4 Å². The molecule has 0 aromatic carbocycles. The van der Waals surface area contributed by atoms with Gasteiger partial charge in [0.1, 0.15) is 10.6 Å². The summed E-state index contributed by atoms with van der Waals surface area (Å²) in [5, 5.41) is 9.15. The molecule has 0 saturated heterocycles. The van der Waals surface area contributed by atoms with Gasteiger partial charge in [-0.25, -0.2) is 17.9 Å².